The summed E-state index contributed by atoms with van der Waals surface area (Å²) in [5.41, 5.74) is 0.957. The van der Waals surface area contributed by atoms with E-state index < -0.39 is 6.43 Å². The molecular weight excluding hydrogens is 170 g/mol. The maximum absolute atomic E-state index is 12.3. The number of alkyl halides is 2. The number of halogens is 2. The van der Waals surface area contributed by atoms with Gasteiger partial charge in [-0.15, -0.1) is 6.58 Å². The summed E-state index contributed by atoms with van der Waals surface area (Å²) in [5.74, 6) is 0.124. The zero-order valence-corrected chi connectivity index (χ0v) is 7.50. The highest BCUT2D eigenvalue weighted by molar-refractivity contribution is 5.28. The minimum atomic E-state index is -2.39. The highest BCUT2D eigenvalue weighted by Gasteiger charge is 2.08. The molecule has 0 nitrogen and oxygen atoms in total. The van der Waals surface area contributed by atoms with Gasteiger partial charge in [0, 0.05) is 5.56 Å². The van der Waals surface area contributed by atoms with Crippen LogP contribution in [0, 0.1) is 0 Å². The van der Waals surface area contributed by atoms with E-state index in [-0.39, 0.29) is 11.5 Å². The Morgan fingerprint density at radius 2 is 1.92 bits per heavy atom. The molecule has 1 aromatic rings. The summed E-state index contributed by atoms with van der Waals surface area (Å²) >= 11 is 0. The van der Waals surface area contributed by atoms with Crippen LogP contribution in [0.5, 0.6) is 0 Å². The third-order valence-electron chi connectivity index (χ3n) is 2.04. The van der Waals surface area contributed by atoms with Crippen LogP contribution in [0.2, 0.25) is 0 Å². The molecule has 0 heterocycles. The molecule has 0 aliphatic rings. The largest absolute Gasteiger partial charge is 0.263 e. The van der Waals surface area contributed by atoms with Crippen LogP contribution in [0.3, 0.4) is 0 Å². The Bertz CT molecular complexity index is 292. The molecule has 70 valence electrons. The van der Waals surface area contributed by atoms with E-state index in [9.17, 15) is 8.78 Å². The highest BCUT2D eigenvalue weighted by Crippen LogP contribution is 2.23. The lowest BCUT2D eigenvalue weighted by molar-refractivity contribution is 0.151. The van der Waals surface area contributed by atoms with Gasteiger partial charge in [0.15, 0.2) is 0 Å². The molecule has 0 N–H and O–H groups in total. The Kier molecular flexibility index (Phi) is 3.18. The molecular formula is C11H12F2. The fraction of sp³-hybridized carbons (Fsp3) is 0.273. The van der Waals surface area contributed by atoms with Crippen molar-refractivity contribution in [2.45, 2.75) is 19.3 Å². The van der Waals surface area contributed by atoms with Gasteiger partial charge in [-0.25, -0.2) is 8.78 Å². The van der Waals surface area contributed by atoms with Crippen molar-refractivity contribution in [3.63, 3.8) is 0 Å². The number of hydrogen-bond acceptors (Lipinski definition) is 0. The molecule has 0 amide bonds. The lowest BCUT2D eigenvalue weighted by Crippen LogP contribution is -1.91. The van der Waals surface area contributed by atoms with E-state index in [4.69, 9.17) is 0 Å². The Morgan fingerprint density at radius 1 is 1.31 bits per heavy atom. The first kappa shape index (κ1) is 9.90. The van der Waals surface area contributed by atoms with E-state index in [2.05, 4.69) is 6.58 Å². The molecule has 0 aliphatic heterocycles. The van der Waals surface area contributed by atoms with Gasteiger partial charge in [-0.05, 0) is 17.5 Å². The quantitative estimate of drug-likeness (QED) is 0.621. The van der Waals surface area contributed by atoms with Crippen LogP contribution >= 0.6 is 0 Å². The average molecular weight is 182 g/mol. The zero-order chi connectivity index (χ0) is 9.84. The third-order valence-corrected chi connectivity index (χ3v) is 2.04. The van der Waals surface area contributed by atoms with Crippen LogP contribution < -0.4 is 0 Å². The summed E-state index contributed by atoms with van der Waals surface area (Å²) in [6.45, 7) is 5.55. The fourth-order valence-corrected chi connectivity index (χ4v) is 1.11. The molecule has 0 aliphatic carbocycles. The Hall–Kier alpha value is -1.18. The average Bonchev–Trinajstić information content (AvgIpc) is 2.17. The van der Waals surface area contributed by atoms with Gasteiger partial charge in [0.1, 0.15) is 0 Å². The van der Waals surface area contributed by atoms with E-state index >= 15 is 0 Å². The second kappa shape index (κ2) is 4.17. The van der Waals surface area contributed by atoms with Gasteiger partial charge >= 0.3 is 0 Å². The van der Waals surface area contributed by atoms with Crippen LogP contribution in [-0.4, -0.2) is 0 Å². The lowest BCUT2D eigenvalue weighted by Gasteiger charge is -2.07. The van der Waals surface area contributed by atoms with E-state index in [1.54, 1.807) is 12.1 Å². The van der Waals surface area contributed by atoms with E-state index in [0.717, 1.165) is 5.56 Å². The SMILES string of the molecule is C=CC(C)c1cccc(C(F)F)c1. The second-order valence-electron chi connectivity index (χ2n) is 3.00. The second-order valence-corrected chi connectivity index (χ2v) is 3.00. The van der Waals surface area contributed by atoms with Gasteiger partial charge in [0.05, 0.1) is 0 Å². The van der Waals surface area contributed by atoms with Crippen molar-refractivity contribution in [2.24, 2.45) is 0 Å². The first-order valence-corrected chi connectivity index (χ1v) is 4.15. The number of allylic oxidation sites excluding steroid dienone is 1. The summed E-state index contributed by atoms with van der Waals surface area (Å²) in [7, 11) is 0. The van der Waals surface area contributed by atoms with Crippen LogP contribution in [-0.2, 0) is 0 Å². The summed E-state index contributed by atoms with van der Waals surface area (Å²) in [4.78, 5) is 0. The standard InChI is InChI=1S/C11H12F2/c1-3-8(2)9-5-4-6-10(7-9)11(12)13/h3-8,11H,1H2,2H3. The number of benzene rings is 1. The van der Waals surface area contributed by atoms with Crippen molar-refractivity contribution >= 4 is 0 Å². The molecule has 1 rings (SSSR count). The molecule has 0 fully saturated rings. The predicted octanol–water partition coefficient (Wildman–Crippen LogP) is 3.91. The zero-order valence-electron chi connectivity index (χ0n) is 7.50. The van der Waals surface area contributed by atoms with Gasteiger partial charge in [0.2, 0.25) is 0 Å². The van der Waals surface area contributed by atoms with E-state index in [1.165, 1.54) is 12.1 Å². The van der Waals surface area contributed by atoms with Crippen molar-refractivity contribution < 1.29 is 8.78 Å². The summed E-state index contributed by atoms with van der Waals surface area (Å²) in [6, 6.07) is 6.44. The van der Waals surface area contributed by atoms with Crippen molar-refractivity contribution in [1.29, 1.82) is 0 Å². The van der Waals surface area contributed by atoms with E-state index in [0.29, 0.717) is 0 Å². The Labute approximate surface area is 76.9 Å². The number of rotatable bonds is 3. The molecule has 1 aromatic carbocycles. The van der Waals surface area contributed by atoms with E-state index in [1.807, 2.05) is 13.0 Å². The first-order chi connectivity index (χ1) is 6.15. The molecule has 0 saturated carbocycles. The van der Waals surface area contributed by atoms with Crippen LogP contribution in [0.15, 0.2) is 36.9 Å². The molecule has 1 unspecified atom stereocenters. The van der Waals surface area contributed by atoms with Crippen molar-refractivity contribution in [1.82, 2.24) is 0 Å². The van der Waals surface area contributed by atoms with Gasteiger partial charge in [-0.3, -0.25) is 0 Å². The Balaban J connectivity index is 2.97. The molecule has 0 radical (unpaired) electrons. The Morgan fingerprint density at radius 3 is 2.46 bits per heavy atom. The lowest BCUT2D eigenvalue weighted by atomic mass is 9.99. The summed E-state index contributed by atoms with van der Waals surface area (Å²) in [5, 5.41) is 0. The van der Waals surface area contributed by atoms with Crippen molar-refractivity contribution in [2.75, 3.05) is 0 Å². The molecule has 1 atom stereocenters. The minimum Gasteiger partial charge on any atom is -0.205 e. The summed E-state index contributed by atoms with van der Waals surface area (Å²) < 4.78 is 24.6. The first-order valence-electron chi connectivity index (χ1n) is 4.15. The van der Waals surface area contributed by atoms with Gasteiger partial charge < -0.3 is 0 Å². The fourth-order valence-electron chi connectivity index (χ4n) is 1.11. The van der Waals surface area contributed by atoms with Crippen LogP contribution in [0.1, 0.15) is 30.4 Å². The van der Waals surface area contributed by atoms with Crippen molar-refractivity contribution in [3.8, 4) is 0 Å². The third kappa shape index (κ3) is 2.38. The smallest absolute Gasteiger partial charge is 0.205 e. The molecule has 2 heteroatoms. The number of hydrogen-bond donors (Lipinski definition) is 0. The maximum atomic E-state index is 12.3. The van der Waals surface area contributed by atoms with Gasteiger partial charge in [-0.1, -0.05) is 31.2 Å². The topological polar surface area (TPSA) is 0 Å². The molecule has 0 saturated heterocycles. The molecule has 0 bridgehead atoms. The van der Waals surface area contributed by atoms with Crippen LogP contribution in [0.25, 0.3) is 0 Å². The normalized spacial score (nSPS) is 12.9. The molecule has 13 heavy (non-hydrogen) atoms. The van der Waals surface area contributed by atoms with Crippen LogP contribution in [0.4, 0.5) is 8.78 Å². The summed E-state index contributed by atoms with van der Waals surface area (Å²) in [6.07, 6.45) is -0.651. The van der Waals surface area contributed by atoms with Gasteiger partial charge in [0.25, 0.3) is 6.43 Å². The molecule has 0 aromatic heterocycles. The highest BCUT2D eigenvalue weighted by atomic mass is 19.3. The monoisotopic (exact) mass is 182 g/mol. The molecule has 0 spiro atoms. The maximum Gasteiger partial charge on any atom is 0.263 e. The minimum absolute atomic E-state index is 0.0752. The van der Waals surface area contributed by atoms with Gasteiger partial charge in [-0.2, -0.15) is 0 Å². The van der Waals surface area contributed by atoms with Crippen molar-refractivity contribution in [3.05, 3.63) is 48.0 Å². The predicted molar refractivity (Wildman–Crippen MR) is 50.0 cm³/mol.